The maximum atomic E-state index is 8.88. The average Bonchev–Trinajstić information content (AvgIpc) is 2.12. The molecule has 0 saturated carbocycles. The van der Waals surface area contributed by atoms with Crippen LogP contribution in [0.3, 0.4) is 0 Å². The van der Waals surface area contributed by atoms with Gasteiger partial charge in [0.25, 0.3) is 0 Å². The van der Waals surface area contributed by atoms with E-state index in [1.165, 1.54) is 0 Å². The number of aliphatic hydroxyl groups excluding tert-OH is 1. The van der Waals surface area contributed by atoms with E-state index >= 15 is 0 Å². The van der Waals surface area contributed by atoms with E-state index in [2.05, 4.69) is 0 Å². The molecule has 1 rings (SSSR count). The summed E-state index contributed by atoms with van der Waals surface area (Å²) in [5.74, 6) is 0. The highest BCUT2D eigenvalue weighted by atomic mass is 16.3. The summed E-state index contributed by atoms with van der Waals surface area (Å²) in [6.07, 6.45) is 0. The molecule has 0 unspecified atom stereocenters. The maximum absolute atomic E-state index is 8.88. The fourth-order valence-corrected chi connectivity index (χ4v) is 1.33. The standard InChI is InChI=1S/C10H16N2O/c1-6-3-8(9(11)5-13)4-7(2)10(6)12/h3-4,9,13H,5,11-12H2,1-2H3/t9-/m0/s1. The first-order valence-corrected chi connectivity index (χ1v) is 4.29. The summed E-state index contributed by atoms with van der Waals surface area (Å²) >= 11 is 0. The molecule has 5 N–H and O–H groups in total. The number of rotatable bonds is 2. The van der Waals surface area contributed by atoms with Gasteiger partial charge in [0, 0.05) is 5.69 Å². The smallest absolute Gasteiger partial charge is 0.0624 e. The molecule has 72 valence electrons. The highest BCUT2D eigenvalue weighted by Crippen LogP contribution is 2.21. The van der Waals surface area contributed by atoms with Crippen molar-refractivity contribution in [2.75, 3.05) is 12.3 Å². The third kappa shape index (κ3) is 1.99. The van der Waals surface area contributed by atoms with Crippen molar-refractivity contribution in [2.24, 2.45) is 5.73 Å². The molecule has 0 saturated heterocycles. The van der Waals surface area contributed by atoms with Gasteiger partial charge in [-0.1, -0.05) is 12.1 Å². The molecule has 1 aromatic carbocycles. The lowest BCUT2D eigenvalue weighted by atomic mass is 10.0. The minimum absolute atomic E-state index is 0.0389. The summed E-state index contributed by atoms with van der Waals surface area (Å²) in [5, 5.41) is 8.88. The summed E-state index contributed by atoms with van der Waals surface area (Å²) in [6.45, 7) is 3.84. The fourth-order valence-electron chi connectivity index (χ4n) is 1.33. The molecular weight excluding hydrogens is 164 g/mol. The van der Waals surface area contributed by atoms with Crippen molar-refractivity contribution in [2.45, 2.75) is 19.9 Å². The number of hydrogen-bond acceptors (Lipinski definition) is 3. The number of benzene rings is 1. The summed E-state index contributed by atoms with van der Waals surface area (Å²) < 4.78 is 0. The van der Waals surface area contributed by atoms with E-state index in [0.29, 0.717) is 0 Å². The molecule has 1 atom stereocenters. The molecule has 0 aliphatic carbocycles. The van der Waals surface area contributed by atoms with Crippen molar-refractivity contribution in [3.63, 3.8) is 0 Å². The minimum atomic E-state index is -0.307. The summed E-state index contributed by atoms with van der Waals surface area (Å²) in [6, 6.07) is 3.53. The van der Waals surface area contributed by atoms with E-state index in [0.717, 1.165) is 22.4 Å². The third-order valence-corrected chi connectivity index (χ3v) is 2.24. The van der Waals surface area contributed by atoms with Crippen molar-refractivity contribution in [1.29, 1.82) is 0 Å². The van der Waals surface area contributed by atoms with Crippen molar-refractivity contribution < 1.29 is 5.11 Å². The van der Waals surface area contributed by atoms with Gasteiger partial charge < -0.3 is 16.6 Å². The van der Waals surface area contributed by atoms with Gasteiger partial charge in [-0.2, -0.15) is 0 Å². The van der Waals surface area contributed by atoms with Gasteiger partial charge in [-0.05, 0) is 30.5 Å². The zero-order valence-electron chi connectivity index (χ0n) is 8.04. The van der Waals surface area contributed by atoms with Gasteiger partial charge in [0.2, 0.25) is 0 Å². The van der Waals surface area contributed by atoms with E-state index in [1.807, 2.05) is 26.0 Å². The Morgan fingerprint density at radius 3 is 2.15 bits per heavy atom. The Hall–Kier alpha value is -1.06. The van der Waals surface area contributed by atoms with Gasteiger partial charge in [-0.3, -0.25) is 0 Å². The minimum Gasteiger partial charge on any atom is -0.398 e. The van der Waals surface area contributed by atoms with Crippen LogP contribution < -0.4 is 11.5 Å². The van der Waals surface area contributed by atoms with Gasteiger partial charge in [-0.15, -0.1) is 0 Å². The first-order valence-electron chi connectivity index (χ1n) is 4.29. The van der Waals surface area contributed by atoms with Crippen LogP contribution >= 0.6 is 0 Å². The number of nitrogen functional groups attached to an aromatic ring is 1. The van der Waals surface area contributed by atoms with E-state index in [1.54, 1.807) is 0 Å². The molecule has 0 aliphatic heterocycles. The number of anilines is 1. The van der Waals surface area contributed by atoms with Gasteiger partial charge in [-0.25, -0.2) is 0 Å². The maximum Gasteiger partial charge on any atom is 0.0624 e. The average molecular weight is 180 g/mol. The highest BCUT2D eigenvalue weighted by molar-refractivity contribution is 5.54. The first-order chi connectivity index (χ1) is 6.06. The van der Waals surface area contributed by atoms with E-state index < -0.39 is 0 Å². The summed E-state index contributed by atoms with van der Waals surface area (Å²) in [5.41, 5.74) is 15.2. The van der Waals surface area contributed by atoms with Crippen molar-refractivity contribution >= 4 is 5.69 Å². The lowest BCUT2D eigenvalue weighted by Gasteiger charge is -2.12. The largest absolute Gasteiger partial charge is 0.398 e. The van der Waals surface area contributed by atoms with Crippen molar-refractivity contribution in [3.05, 3.63) is 28.8 Å². The zero-order chi connectivity index (χ0) is 10.0. The highest BCUT2D eigenvalue weighted by Gasteiger charge is 2.07. The van der Waals surface area contributed by atoms with Crippen molar-refractivity contribution in [1.82, 2.24) is 0 Å². The Labute approximate surface area is 78.4 Å². The van der Waals surface area contributed by atoms with Gasteiger partial charge >= 0.3 is 0 Å². The van der Waals surface area contributed by atoms with Crippen LogP contribution in [-0.4, -0.2) is 11.7 Å². The Kier molecular flexibility index (Phi) is 2.90. The van der Waals surface area contributed by atoms with Crippen LogP contribution in [0.15, 0.2) is 12.1 Å². The molecule has 0 spiro atoms. The van der Waals surface area contributed by atoms with Crippen LogP contribution in [0.5, 0.6) is 0 Å². The van der Waals surface area contributed by atoms with Crippen LogP contribution in [0.2, 0.25) is 0 Å². The number of aryl methyl sites for hydroxylation is 2. The molecule has 0 aliphatic rings. The predicted octanol–water partition coefficient (Wildman–Crippen LogP) is 0.878. The van der Waals surface area contributed by atoms with Crippen LogP contribution in [0.4, 0.5) is 5.69 Å². The normalized spacial score (nSPS) is 12.9. The molecule has 13 heavy (non-hydrogen) atoms. The van der Waals surface area contributed by atoms with Gasteiger partial charge in [0.15, 0.2) is 0 Å². The number of nitrogens with two attached hydrogens (primary N) is 2. The Balaban J connectivity index is 3.13. The van der Waals surface area contributed by atoms with Crippen LogP contribution in [0, 0.1) is 13.8 Å². The van der Waals surface area contributed by atoms with Crippen LogP contribution in [0.1, 0.15) is 22.7 Å². The monoisotopic (exact) mass is 180 g/mol. The predicted molar refractivity (Wildman–Crippen MR) is 54.3 cm³/mol. The van der Waals surface area contributed by atoms with E-state index in [9.17, 15) is 0 Å². The molecule has 0 bridgehead atoms. The van der Waals surface area contributed by atoms with Crippen molar-refractivity contribution in [3.8, 4) is 0 Å². The lowest BCUT2D eigenvalue weighted by molar-refractivity contribution is 0.268. The van der Waals surface area contributed by atoms with Gasteiger partial charge in [0.1, 0.15) is 0 Å². The Morgan fingerprint density at radius 2 is 1.77 bits per heavy atom. The lowest BCUT2D eigenvalue weighted by Crippen LogP contribution is -2.15. The second-order valence-electron chi connectivity index (χ2n) is 3.36. The van der Waals surface area contributed by atoms with Crippen LogP contribution in [0.25, 0.3) is 0 Å². The molecule has 0 radical (unpaired) electrons. The summed E-state index contributed by atoms with van der Waals surface area (Å²) in [7, 11) is 0. The zero-order valence-corrected chi connectivity index (χ0v) is 8.04. The van der Waals surface area contributed by atoms with E-state index in [-0.39, 0.29) is 12.6 Å². The topological polar surface area (TPSA) is 72.3 Å². The quantitative estimate of drug-likeness (QED) is 0.591. The molecule has 0 aromatic heterocycles. The molecule has 3 nitrogen and oxygen atoms in total. The molecule has 0 amide bonds. The Bertz CT molecular complexity index is 287. The fraction of sp³-hybridized carbons (Fsp3) is 0.400. The van der Waals surface area contributed by atoms with E-state index in [4.69, 9.17) is 16.6 Å². The molecule has 3 heteroatoms. The molecule has 0 fully saturated rings. The summed E-state index contributed by atoms with van der Waals surface area (Å²) in [4.78, 5) is 0. The molecule has 1 aromatic rings. The second-order valence-corrected chi connectivity index (χ2v) is 3.36. The molecular formula is C10H16N2O. The molecule has 0 heterocycles. The van der Waals surface area contributed by atoms with Gasteiger partial charge in [0.05, 0.1) is 12.6 Å². The van der Waals surface area contributed by atoms with Crippen LogP contribution in [-0.2, 0) is 0 Å². The SMILES string of the molecule is Cc1cc([C@@H](N)CO)cc(C)c1N. The second kappa shape index (κ2) is 3.77. The third-order valence-electron chi connectivity index (χ3n) is 2.24. The number of aliphatic hydroxyl groups is 1. The first kappa shape index (κ1) is 10.0. The number of hydrogen-bond donors (Lipinski definition) is 3. The Morgan fingerprint density at radius 1 is 1.31 bits per heavy atom.